The second kappa shape index (κ2) is 8.68. The number of H-pyrrole nitrogens is 1. The van der Waals surface area contributed by atoms with Crippen LogP contribution in [0, 0.1) is 19.7 Å². The van der Waals surface area contributed by atoms with Gasteiger partial charge in [-0.25, -0.2) is 12.8 Å². The molecule has 4 aromatic rings. The summed E-state index contributed by atoms with van der Waals surface area (Å²) in [7, 11) is -3.99. The van der Waals surface area contributed by atoms with Crippen molar-refractivity contribution in [2.24, 2.45) is 0 Å². The molecule has 0 atom stereocenters. The van der Waals surface area contributed by atoms with Crippen LogP contribution >= 0.6 is 0 Å². The van der Waals surface area contributed by atoms with Crippen molar-refractivity contribution in [3.8, 4) is 0 Å². The Morgan fingerprint density at radius 1 is 0.875 bits per heavy atom. The van der Waals surface area contributed by atoms with Crippen LogP contribution in [0.4, 0.5) is 4.39 Å². The summed E-state index contributed by atoms with van der Waals surface area (Å²) >= 11 is 0. The Morgan fingerprint density at radius 2 is 1.53 bits per heavy atom. The molecule has 4 rings (SSSR count). The summed E-state index contributed by atoms with van der Waals surface area (Å²) in [5.74, 6) is -0.518. The molecule has 1 aromatic heterocycles. The van der Waals surface area contributed by atoms with Crippen molar-refractivity contribution in [2.75, 3.05) is 0 Å². The van der Waals surface area contributed by atoms with E-state index in [1.807, 2.05) is 56.3 Å². The highest BCUT2D eigenvalue weighted by Crippen LogP contribution is 2.23. The Hall–Kier alpha value is -3.29. The molecule has 0 aliphatic carbocycles. The molecule has 1 N–H and O–H groups in total. The number of hydrogen-bond acceptors (Lipinski definition) is 3. The maximum absolute atomic E-state index is 13.4. The molecule has 0 saturated heterocycles. The first-order chi connectivity index (χ1) is 15.2. The summed E-state index contributed by atoms with van der Waals surface area (Å²) in [5.41, 5.74) is 3.62. The van der Waals surface area contributed by atoms with Gasteiger partial charge in [-0.15, -0.1) is 0 Å². The lowest BCUT2D eigenvalue weighted by Crippen LogP contribution is -2.32. The summed E-state index contributed by atoms with van der Waals surface area (Å²) < 4.78 is 41.5. The molecule has 1 heterocycles. The molecule has 0 bridgehead atoms. The molecule has 0 radical (unpaired) electrons. The van der Waals surface area contributed by atoms with Crippen molar-refractivity contribution in [2.45, 2.75) is 31.8 Å². The molecular formula is C25H23FN2O3S. The van der Waals surface area contributed by atoms with Gasteiger partial charge in [0.2, 0.25) is 10.0 Å². The van der Waals surface area contributed by atoms with Gasteiger partial charge in [-0.3, -0.25) is 4.79 Å². The number of nitrogens with zero attached hydrogens (tertiary/aromatic N) is 1. The van der Waals surface area contributed by atoms with Crippen LogP contribution in [0.5, 0.6) is 0 Å². The molecule has 5 nitrogen and oxygen atoms in total. The van der Waals surface area contributed by atoms with E-state index in [4.69, 9.17) is 0 Å². The SMILES string of the molecule is Cc1cc2cc(CN(Cc3ccccc3)S(=O)(=O)c3ccc(F)cc3)c(=O)[nH]c2cc1C. The van der Waals surface area contributed by atoms with E-state index in [2.05, 4.69) is 4.98 Å². The average Bonchev–Trinajstić information content (AvgIpc) is 2.76. The normalized spacial score (nSPS) is 11.9. The van der Waals surface area contributed by atoms with Crippen LogP contribution in [-0.4, -0.2) is 17.7 Å². The number of sulfonamides is 1. The maximum atomic E-state index is 13.4. The highest BCUT2D eigenvalue weighted by molar-refractivity contribution is 7.89. The zero-order valence-electron chi connectivity index (χ0n) is 17.8. The molecule has 164 valence electrons. The number of aromatic nitrogens is 1. The number of hydrogen-bond donors (Lipinski definition) is 1. The largest absolute Gasteiger partial charge is 0.322 e. The van der Waals surface area contributed by atoms with Crippen molar-refractivity contribution in [3.63, 3.8) is 0 Å². The summed E-state index contributed by atoms with van der Waals surface area (Å²) in [4.78, 5) is 15.6. The van der Waals surface area contributed by atoms with Gasteiger partial charge in [0, 0.05) is 24.2 Å². The third-order valence-electron chi connectivity index (χ3n) is 5.54. The van der Waals surface area contributed by atoms with Crippen molar-refractivity contribution in [3.05, 3.63) is 111 Å². The fourth-order valence-electron chi connectivity index (χ4n) is 3.60. The topological polar surface area (TPSA) is 70.2 Å². The Labute approximate surface area is 186 Å². The minimum Gasteiger partial charge on any atom is -0.322 e. The highest BCUT2D eigenvalue weighted by atomic mass is 32.2. The number of nitrogens with one attached hydrogen (secondary N) is 1. The number of halogens is 1. The molecule has 3 aromatic carbocycles. The van der Waals surface area contributed by atoms with E-state index in [0.717, 1.165) is 34.2 Å². The van der Waals surface area contributed by atoms with Gasteiger partial charge in [0.1, 0.15) is 5.82 Å². The second-order valence-electron chi connectivity index (χ2n) is 7.86. The summed E-state index contributed by atoms with van der Waals surface area (Å²) in [6.07, 6.45) is 0. The summed E-state index contributed by atoms with van der Waals surface area (Å²) in [6.45, 7) is 3.91. The molecule has 32 heavy (non-hydrogen) atoms. The van der Waals surface area contributed by atoms with Gasteiger partial charge in [0.15, 0.2) is 0 Å². The maximum Gasteiger partial charge on any atom is 0.252 e. The molecule has 0 spiro atoms. The zero-order chi connectivity index (χ0) is 22.9. The van der Waals surface area contributed by atoms with Gasteiger partial charge in [0.05, 0.1) is 4.90 Å². The number of fused-ring (bicyclic) bond motifs is 1. The van der Waals surface area contributed by atoms with Crippen molar-refractivity contribution >= 4 is 20.9 Å². The zero-order valence-corrected chi connectivity index (χ0v) is 18.6. The number of aryl methyl sites for hydroxylation is 2. The lowest BCUT2D eigenvalue weighted by atomic mass is 10.0. The van der Waals surface area contributed by atoms with Crippen LogP contribution in [0.15, 0.2) is 82.5 Å². The van der Waals surface area contributed by atoms with Crippen LogP contribution < -0.4 is 5.56 Å². The van der Waals surface area contributed by atoms with Crippen molar-refractivity contribution in [1.29, 1.82) is 0 Å². The minimum absolute atomic E-state index is 0.0291. The Bertz CT molecular complexity index is 1430. The second-order valence-corrected chi connectivity index (χ2v) is 9.80. The van der Waals surface area contributed by atoms with Crippen LogP contribution in [0.25, 0.3) is 10.9 Å². The van der Waals surface area contributed by atoms with Gasteiger partial charge in [-0.1, -0.05) is 30.3 Å². The first-order valence-electron chi connectivity index (χ1n) is 10.2. The number of pyridine rings is 1. The van der Waals surface area contributed by atoms with Gasteiger partial charge < -0.3 is 4.98 Å². The predicted molar refractivity (Wildman–Crippen MR) is 123 cm³/mol. The van der Waals surface area contributed by atoms with Crippen LogP contribution in [0.1, 0.15) is 22.3 Å². The Morgan fingerprint density at radius 3 is 2.22 bits per heavy atom. The van der Waals surface area contributed by atoms with E-state index in [0.29, 0.717) is 11.1 Å². The minimum atomic E-state index is -3.99. The smallest absolute Gasteiger partial charge is 0.252 e. The molecule has 0 unspecified atom stereocenters. The van der Waals surface area contributed by atoms with E-state index < -0.39 is 15.8 Å². The number of aromatic amines is 1. The molecule has 7 heteroatoms. The summed E-state index contributed by atoms with van der Waals surface area (Å²) in [5, 5.41) is 0.835. The highest BCUT2D eigenvalue weighted by Gasteiger charge is 2.26. The van der Waals surface area contributed by atoms with E-state index >= 15 is 0 Å². The first-order valence-corrected chi connectivity index (χ1v) is 11.6. The molecule has 0 aliphatic rings. The van der Waals surface area contributed by atoms with Gasteiger partial charge >= 0.3 is 0 Å². The summed E-state index contributed by atoms with van der Waals surface area (Å²) in [6, 6.07) is 19.5. The monoisotopic (exact) mass is 450 g/mol. The van der Waals surface area contributed by atoms with Gasteiger partial charge in [0.25, 0.3) is 5.56 Å². The average molecular weight is 451 g/mol. The molecule has 0 saturated carbocycles. The van der Waals surface area contributed by atoms with Gasteiger partial charge in [-0.2, -0.15) is 4.31 Å². The van der Waals surface area contributed by atoms with Crippen LogP contribution in [0.2, 0.25) is 0 Å². The fourth-order valence-corrected chi connectivity index (χ4v) is 5.00. The van der Waals surface area contributed by atoms with Crippen molar-refractivity contribution < 1.29 is 12.8 Å². The first kappa shape index (κ1) is 21.9. The predicted octanol–water partition coefficient (Wildman–Crippen LogP) is 4.68. The Kier molecular flexibility index (Phi) is 5.95. The van der Waals surface area contributed by atoms with Gasteiger partial charge in [-0.05, 0) is 78.4 Å². The lowest BCUT2D eigenvalue weighted by Gasteiger charge is -2.22. The van der Waals surface area contributed by atoms with E-state index in [1.165, 1.54) is 16.4 Å². The molecule has 0 aliphatic heterocycles. The van der Waals surface area contributed by atoms with E-state index in [1.54, 1.807) is 6.07 Å². The molecular weight excluding hydrogens is 427 g/mol. The quantitative estimate of drug-likeness (QED) is 0.464. The number of rotatable bonds is 6. The lowest BCUT2D eigenvalue weighted by molar-refractivity contribution is 0.399. The van der Waals surface area contributed by atoms with E-state index in [-0.39, 0.29) is 23.5 Å². The third-order valence-corrected chi connectivity index (χ3v) is 7.34. The number of benzene rings is 3. The standard InChI is InChI=1S/C25H23FN2O3S/c1-17-12-20-14-21(25(29)27-24(20)13-18(17)2)16-28(15-19-6-4-3-5-7-19)32(30,31)23-10-8-22(26)9-11-23/h3-14H,15-16H2,1-2H3,(H,27,29). The van der Waals surface area contributed by atoms with Crippen LogP contribution in [-0.2, 0) is 23.1 Å². The fraction of sp³-hybridized carbons (Fsp3) is 0.160. The Balaban J connectivity index is 1.78. The van der Waals surface area contributed by atoms with Crippen LogP contribution in [0.3, 0.4) is 0 Å². The molecule has 0 amide bonds. The molecule has 0 fully saturated rings. The third kappa shape index (κ3) is 4.49. The van der Waals surface area contributed by atoms with Crippen molar-refractivity contribution in [1.82, 2.24) is 9.29 Å². The van der Waals surface area contributed by atoms with E-state index in [9.17, 15) is 17.6 Å².